The normalized spacial score (nSPS) is 12.9. The number of hydrogen-bond acceptors (Lipinski definition) is 3. The first-order chi connectivity index (χ1) is 8.60. The molecule has 5 heteroatoms. The summed E-state index contributed by atoms with van der Waals surface area (Å²) in [5, 5.41) is 12.1. The van der Waals surface area contributed by atoms with Gasteiger partial charge >= 0.3 is 0 Å². The summed E-state index contributed by atoms with van der Waals surface area (Å²) in [4.78, 5) is 0. The number of likely N-dealkylation sites (N-methyl/N-ethyl adjacent to an activating group) is 1. The van der Waals surface area contributed by atoms with E-state index in [1.165, 1.54) is 11.3 Å². The van der Waals surface area contributed by atoms with Crippen LogP contribution in [-0.4, -0.2) is 26.1 Å². The maximum Gasteiger partial charge on any atom is 0.0597 e. The van der Waals surface area contributed by atoms with Crippen molar-refractivity contribution >= 4 is 0 Å². The van der Waals surface area contributed by atoms with Gasteiger partial charge in [-0.25, -0.2) is 0 Å². The van der Waals surface area contributed by atoms with Crippen molar-refractivity contribution in [1.82, 2.24) is 24.9 Å². The molecular formula is C13H21N5. The predicted molar refractivity (Wildman–Crippen MR) is 71.3 cm³/mol. The van der Waals surface area contributed by atoms with Crippen LogP contribution in [0, 0.1) is 6.92 Å². The summed E-state index contributed by atoms with van der Waals surface area (Å²) in [6, 6.07) is 2.43. The minimum absolute atomic E-state index is 0.283. The van der Waals surface area contributed by atoms with E-state index in [1.54, 1.807) is 0 Å². The van der Waals surface area contributed by atoms with Crippen molar-refractivity contribution in [3.8, 4) is 0 Å². The molecule has 0 aliphatic rings. The fourth-order valence-electron chi connectivity index (χ4n) is 2.30. The Morgan fingerprint density at radius 1 is 1.39 bits per heavy atom. The van der Waals surface area contributed by atoms with Crippen LogP contribution in [0.15, 0.2) is 18.5 Å². The number of aryl methyl sites for hydroxylation is 3. The Balaban J connectivity index is 2.20. The van der Waals surface area contributed by atoms with E-state index in [4.69, 9.17) is 0 Å². The largest absolute Gasteiger partial charge is 0.309 e. The Labute approximate surface area is 108 Å². The molecule has 2 aromatic rings. The van der Waals surface area contributed by atoms with E-state index in [-0.39, 0.29) is 6.04 Å². The second-order valence-corrected chi connectivity index (χ2v) is 4.67. The van der Waals surface area contributed by atoms with Crippen LogP contribution < -0.4 is 5.32 Å². The van der Waals surface area contributed by atoms with Crippen molar-refractivity contribution in [2.45, 2.75) is 26.3 Å². The van der Waals surface area contributed by atoms with E-state index < -0.39 is 0 Å². The molecule has 1 unspecified atom stereocenters. The van der Waals surface area contributed by atoms with Crippen LogP contribution in [-0.2, 0) is 20.5 Å². The van der Waals surface area contributed by atoms with E-state index in [1.807, 2.05) is 36.6 Å². The van der Waals surface area contributed by atoms with E-state index >= 15 is 0 Å². The first-order valence-corrected chi connectivity index (χ1v) is 6.31. The highest BCUT2D eigenvalue weighted by atomic mass is 15.3. The topological polar surface area (TPSA) is 47.7 Å². The number of rotatable bonds is 5. The van der Waals surface area contributed by atoms with Crippen LogP contribution in [0.4, 0.5) is 0 Å². The van der Waals surface area contributed by atoms with E-state index in [9.17, 15) is 0 Å². The van der Waals surface area contributed by atoms with Gasteiger partial charge in [0.25, 0.3) is 0 Å². The molecule has 0 aliphatic carbocycles. The molecule has 5 nitrogen and oxygen atoms in total. The van der Waals surface area contributed by atoms with Crippen molar-refractivity contribution in [2.24, 2.45) is 14.1 Å². The molecule has 18 heavy (non-hydrogen) atoms. The maximum absolute atomic E-state index is 4.42. The van der Waals surface area contributed by atoms with Crippen LogP contribution in [0.2, 0.25) is 0 Å². The fraction of sp³-hybridized carbons (Fsp3) is 0.538. The molecule has 0 fully saturated rings. The van der Waals surface area contributed by atoms with Crippen molar-refractivity contribution in [2.75, 3.05) is 6.54 Å². The highest BCUT2D eigenvalue weighted by Gasteiger charge is 2.16. The van der Waals surface area contributed by atoms with Crippen LogP contribution in [0.25, 0.3) is 0 Å². The Morgan fingerprint density at radius 2 is 2.17 bits per heavy atom. The molecular weight excluding hydrogens is 226 g/mol. The molecule has 0 aromatic carbocycles. The molecule has 2 heterocycles. The van der Waals surface area contributed by atoms with Gasteiger partial charge in [0.1, 0.15) is 0 Å². The van der Waals surface area contributed by atoms with E-state index in [0.717, 1.165) is 18.7 Å². The zero-order chi connectivity index (χ0) is 13.1. The predicted octanol–water partition coefficient (Wildman–Crippen LogP) is 1.36. The average molecular weight is 247 g/mol. The third-order valence-corrected chi connectivity index (χ3v) is 3.04. The molecule has 0 radical (unpaired) electrons. The molecule has 1 atom stereocenters. The fourth-order valence-corrected chi connectivity index (χ4v) is 2.30. The lowest BCUT2D eigenvalue weighted by Gasteiger charge is -2.17. The van der Waals surface area contributed by atoms with E-state index in [0.29, 0.717) is 0 Å². The molecule has 98 valence electrons. The smallest absolute Gasteiger partial charge is 0.0597 e. The van der Waals surface area contributed by atoms with Crippen molar-refractivity contribution in [3.63, 3.8) is 0 Å². The minimum atomic E-state index is 0.283. The molecule has 0 aliphatic heterocycles. The molecule has 1 N–H and O–H groups in total. The van der Waals surface area contributed by atoms with Gasteiger partial charge in [-0.05, 0) is 31.5 Å². The summed E-state index contributed by atoms with van der Waals surface area (Å²) in [7, 11) is 3.94. The first kappa shape index (κ1) is 12.8. The quantitative estimate of drug-likeness (QED) is 0.867. The second kappa shape index (κ2) is 5.35. The maximum atomic E-state index is 4.42. The zero-order valence-electron chi connectivity index (χ0n) is 11.5. The lowest BCUT2D eigenvalue weighted by atomic mass is 10.1. The average Bonchev–Trinajstić information content (AvgIpc) is 2.84. The highest BCUT2D eigenvalue weighted by molar-refractivity contribution is 5.17. The number of nitrogens with one attached hydrogen (secondary N) is 1. The molecule has 0 bridgehead atoms. The number of nitrogens with zero attached hydrogens (tertiary/aromatic N) is 4. The summed E-state index contributed by atoms with van der Waals surface area (Å²) < 4.78 is 3.80. The van der Waals surface area contributed by atoms with Crippen LogP contribution >= 0.6 is 0 Å². The highest BCUT2D eigenvalue weighted by Crippen LogP contribution is 2.18. The first-order valence-electron chi connectivity index (χ1n) is 6.31. The van der Waals surface area contributed by atoms with Crippen LogP contribution in [0.5, 0.6) is 0 Å². The summed E-state index contributed by atoms with van der Waals surface area (Å²) in [5.41, 5.74) is 3.52. The molecule has 0 spiro atoms. The van der Waals surface area contributed by atoms with Gasteiger partial charge in [0, 0.05) is 20.3 Å². The van der Waals surface area contributed by atoms with Crippen LogP contribution in [0.3, 0.4) is 0 Å². The summed E-state index contributed by atoms with van der Waals surface area (Å²) >= 11 is 0. The van der Waals surface area contributed by atoms with E-state index in [2.05, 4.69) is 34.7 Å². The molecule has 2 aromatic heterocycles. The third-order valence-electron chi connectivity index (χ3n) is 3.04. The van der Waals surface area contributed by atoms with Gasteiger partial charge in [0.05, 0.1) is 23.6 Å². The van der Waals surface area contributed by atoms with Gasteiger partial charge in [-0.3, -0.25) is 9.36 Å². The van der Waals surface area contributed by atoms with Gasteiger partial charge in [-0.15, -0.1) is 0 Å². The van der Waals surface area contributed by atoms with Gasteiger partial charge < -0.3 is 5.32 Å². The lowest BCUT2D eigenvalue weighted by molar-refractivity contribution is 0.507. The molecule has 0 saturated heterocycles. The van der Waals surface area contributed by atoms with Crippen LogP contribution in [0.1, 0.15) is 29.9 Å². The van der Waals surface area contributed by atoms with Gasteiger partial charge in [-0.2, -0.15) is 10.2 Å². The van der Waals surface area contributed by atoms with Gasteiger partial charge in [0.2, 0.25) is 0 Å². The second-order valence-electron chi connectivity index (χ2n) is 4.67. The molecule has 2 rings (SSSR count). The van der Waals surface area contributed by atoms with Gasteiger partial charge in [-0.1, -0.05) is 6.92 Å². The lowest BCUT2D eigenvalue weighted by Crippen LogP contribution is -2.25. The standard InChI is InChI=1S/C13H21N5/c1-5-14-12(7-11-8-15-17(3)9-11)13-6-10(2)16-18(13)4/h6,8-9,12,14H,5,7H2,1-4H3. The monoisotopic (exact) mass is 247 g/mol. The Bertz CT molecular complexity index is 511. The Kier molecular flexibility index (Phi) is 3.81. The Hall–Kier alpha value is -1.62. The van der Waals surface area contributed by atoms with Crippen molar-refractivity contribution < 1.29 is 0 Å². The summed E-state index contributed by atoms with van der Waals surface area (Å²) in [6.45, 7) is 5.09. The van der Waals surface area contributed by atoms with Crippen molar-refractivity contribution in [3.05, 3.63) is 35.4 Å². The van der Waals surface area contributed by atoms with Crippen molar-refractivity contribution in [1.29, 1.82) is 0 Å². The summed E-state index contributed by atoms with van der Waals surface area (Å²) in [5.74, 6) is 0. The molecule has 0 amide bonds. The van der Waals surface area contributed by atoms with Gasteiger partial charge in [0.15, 0.2) is 0 Å². The number of aromatic nitrogens is 4. The Morgan fingerprint density at radius 3 is 2.67 bits per heavy atom. The minimum Gasteiger partial charge on any atom is -0.309 e. The summed E-state index contributed by atoms with van der Waals surface area (Å²) in [6.07, 6.45) is 4.92. The zero-order valence-corrected chi connectivity index (χ0v) is 11.5. The number of hydrogen-bond donors (Lipinski definition) is 1. The molecule has 0 saturated carbocycles. The SMILES string of the molecule is CCNC(Cc1cnn(C)c1)c1cc(C)nn1C. The third kappa shape index (κ3) is 2.79.